The Bertz CT molecular complexity index is 1120. The van der Waals surface area contributed by atoms with Gasteiger partial charge < -0.3 is 45.0 Å². The third-order valence-electron chi connectivity index (χ3n) is 9.66. The fraction of sp³-hybridized carbons (Fsp3) is 0.750. The van der Waals surface area contributed by atoms with Gasteiger partial charge in [-0.25, -0.2) is 13.6 Å². The fourth-order valence-corrected chi connectivity index (χ4v) is 6.69. The van der Waals surface area contributed by atoms with Crippen LogP contribution in [0.4, 0.5) is 13.6 Å². The average molecular weight is 642 g/mol. The summed E-state index contributed by atoms with van der Waals surface area (Å²) in [6.45, 7) is 6.25. The molecule has 1 unspecified atom stereocenters. The number of amides is 2. The molecule has 1 aromatic carbocycles. The summed E-state index contributed by atoms with van der Waals surface area (Å²) in [5, 5.41) is 40.9. The van der Waals surface area contributed by atoms with Crippen molar-refractivity contribution in [3.63, 3.8) is 0 Å². The van der Waals surface area contributed by atoms with E-state index in [9.17, 15) is 33.7 Å². The number of hydrogen-bond acceptors (Lipinski definition) is 9. The van der Waals surface area contributed by atoms with E-state index < -0.39 is 43.0 Å². The van der Waals surface area contributed by atoms with Crippen molar-refractivity contribution in [3.05, 3.63) is 29.3 Å². The predicted molar refractivity (Wildman–Crippen MR) is 160 cm³/mol. The van der Waals surface area contributed by atoms with Crippen molar-refractivity contribution in [3.8, 4) is 5.75 Å². The number of nitrogens with zero attached hydrogens (tertiary/aromatic N) is 2. The Morgan fingerprint density at radius 1 is 1.04 bits per heavy atom. The molecule has 3 fully saturated rings. The molecule has 11 nitrogen and oxygen atoms in total. The molecule has 2 aliphatic heterocycles. The molecule has 1 aromatic rings. The van der Waals surface area contributed by atoms with Crippen molar-refractivity contribution in [1.82, 2.24) is 15.1 Å². The molecule has 5 N–H and O–H groups in total. The van der Waals surface area contributed by atoms with Gasteiger partial charge in [0.1, 0.15) is 23.5 Å². The van der Waals surface area contributed by atoms with Gasteiger partial charge in [0.05, 0.1) is 37.9 Å². The number of rotatable bonds is 15. The number of hydrogen-bond donors (Lipinski definition) is 5. The maximum absolute atomic E-state index is 14.9. The van der Waals surface area contributed by atoms with Gasteiger partial charge in [0, 0.05) is 69.3 Å². The third kappa shape index (κ3) is 9.25. The maximum Gasteiger partial charge on any atom is 0.410 e. The van der Waals surface area contributed by atoms with E-state index in [4.69, 9.17) is 14.6 Å². The molecule has 0 radical (unpaired) electrons. The first-order valence-corrected chi connectivity index (χ1v) is 16.1. The minimum atomic E-state index is -1.31. The maximum atomic E-state index is 14.9. The van der Waals surface area contributed by atoms with Crippen LogP contribution < -0.4 is 10.1 Å². The Kier molecular flexibility index (Phi) is 12.4. The SMILES string of the molecule is CC(C)OC(=O)N1CCC2(CCC2CCOc2cc(F)c(CC(=O)N3CC(CNC[C@H](O)C[C@H](O)[C@H](O)CO)C3)c(F)c2)CC1. The Morgan fingerprint density at radius 3 is 2.29 bits per heavy atom. The van der Waals surface area contributed by atoms with E-state index in [2.05, 4.69) is 5.32 Å². The molecule has 2 amide bonds. The highest BCUT2D eigenvalue weighted by molar-refractivity contribution is 5.79. The molecule has 13 heteroatoms. The van der Waals surface area contributed by atoms with Crippen LogP contribution in [0.1, 0.15) is 57.9 Å². The molecule has 1 aliphatic carbocycles. The van der Waals surface area contributed by atoms with Crippen molar-refractivity contribution < 1.29 is 48.3 Å². The highest BCUT2D eigenvalue weighted by atomic mass is 19.1. The lowest BCUT2D eigenvalue weighted by Gasteiger charge is -2.54. The molecule has 3 aliphatic rings. The number of aliphatic hydroxyl groups is 4. The van der Waals surface area contributed by atoms with E-state index in [1.807, 2.05) is 13.8 Å². The zero-order valence-electron chi connectivity index (χ0n) is 26.3. The molecule has 2 heterocycles. The molecule has 4 rings (SSSR count). The molecular weight excluding hydrogens is 592 g/mol. The monoisotopic (exact) mass is 641 g/mol. The summed E-state index contributed by atoms with van der Waals surface area (Å²) in [5.41, 5.74) is -0.109. The standard InChI is InChI=1S/C32H49F2N3O8/c1-20(2)45-31(43)36-8-6-32(7-9-36)5-3-22(32)4-10-44-24-12-26(33)25(27(34)13-24)14-30(42)37-17-21(18-37)15-35-16-23(39)11-28(40)29(41)19-38/h12-13,20-23,28-29,35,38-41H,3-11,14-19H2,1-2H3/t22?,23-,28+,29-/m1/s1. The highest BCUT2D eigenvalue weighted by Crippen LogP contribution is 2.55. The number of aliphatic hydroxyl groups excluding tert-OH is 4. The summed E-state index contributed by atoms with van der Waals surface area (Å²) < 4.78 is 40.8. The molecule has 1 spiro atoms. The molecule has 45 heavy (non-hydrogen) atoms. The normalized spacial score (nSPS) is 21.7. The van der Waals surface area contributed by atoms with Crippen molar-refractivity contribution in [2.24, 2.45) is 17.3 Å². The smallest absolute Gasteiger partial charge is 0.410 e. The second-order valence-electron chi connectivity index (χ2n) is 13.2. The van der Waals surface area contributed by atoms with Gasteiger partial charge in [-0.3, -0.25) is 4.79 Å². The van der Waals surface area contributed by atoms with Crippen LogP contribution >= 0.6 is 0 Å². The largest absolute Gasteiger partial charge is 0.493 e. The van der Waals surface area contributed by atoms with Crippen molar-refractivity contribution in [1.29, 1.82) is 0 Å². The van der Waals surface area contributed by atoms with Gasteiger partial charge in [-0.2, -0.15) is 0 Å². The van der Waals surface area contributed by atoms with Crippen molar-refractivity contribution >= 4 is 12.0 Å². The molecule has 2 saturated heterocycles. The van der Waals surface area contributed by atoms with E-state index in [-0.39, 0.29) is 53.7 Å². The van der Waals surface area contributed by atoms with E-state index >= 15 is 0 Å². The van der Waals surface area contributed by atoms with Crippen LogP contribution in [0.2, 0.25) is 0 Å². The lowest BCUT2D eigenvalue weighted by molar-refractivity contribution is -0.136. The first kappa shape index (κ1) is 35.3. The van der Waals surface area contributed by atoms with Gasteiger partial charge in [0.2, 0.25) is 5.91 Å². The predicted octanol–water partition coefficient (Wildman–Crippen LogP) is 1.83. The van der Waals surface area contributed by atoms with E-state index in [0.717, 1.165) is 44.2 Å². The second-order valence-corrected chi connectivity index (χ2v) is 13.2. The molecule has 254 valence electrons. The number of benzene rings is 1. The Hall–Kier alpha value is -2.58. The van der Waals surface area contributed by atoms with Crippen molar-refractivity contribution in [2.75, 3.05) is 52.5 Å². The Balaban J connectivity index is 1.14. The number of carbonyl (C=O) groups excluding carboxylic acids is 2. The zero-order chi connectivity index (χ0) is 32.7. The summed E-state index contributed by atoms with van der Waals surface area (Å²) in [6, 6.07) is 2.26. The summed E-state index contributed by atoms with van der Waals surface area (Å²) in [4.78, 5) is 28.2. The topological polar surface area (TPSA) is 152 Å². The van der Waals surface area contributed by atoms with Crippen molar-refractivity contribution in [2.45, 2.75) is 83.2 Å². The molecule has 0 bridgehead atoms. The summed E-state index contributed by atoms with van der Waals surface area (Å²) >= 11 is 0. The fourth-order valence-electron chi connectivity index (χ4n) is 6.69. The van der Waals surface area contributed by atoms with Crippen LogP contribution in [-0.2, 0) is 16.0 Å². The van der Waals surface area contributed by atoms with Gasteiger partial charge in [-0.1, -0.05) is 0 Å². The van der Waals surface area contributed by atoms with E-state index in [1.54, 1.807) is 4.90 Å². The van der Waals surface area contributed by atoms with Crippen LogP contribution in [0.5, 0.6) is 5.75 Å². The number of ether oxygens (including phenoxy) is 2. The third-order valence-corrected chi connectivity index (χ3v) is 9.66. The van der Waals surface area contributed by atoms with Crippen LogP contribution in [0, 0.1) is 28.9 Å². The van der Waals surface area contributed by atoms with Gasteiger partial charge in [-0.15, -0.1) is 0 Å². The minimum Gasteiger partial charge on any atom is -0.493 e. The number of piperidine rings is 1. The highest BCUT2D eigenvalue weighted by Gasteiger charge is 2.48. The Morgan fingerprint density at radius 2 is 1.71 bits per heavy atom. The van der Waals surface area contributed by atoms with Gasteiger partial charge in [-0.05, 0) is 57.3 Å². The van der Waals surface area contributed by atoms with Crippen LogP contribution in [-0.4, -0.2) is 119 Å². The quantitative estimate of drug-likeness (QED) is 0.193. The lowest BCUT2D eigenvalue weighted by atomic mass is 9.55. The minimum absolute atomic E-state index is 0.0928. The van der Waals surface area contributed by atoms with Gasteiger partial charge in [0.25, 0.3) is 0 Å². The van der Waals surface area contributed by atoms with E-state index in [1.165, 1.54) is 4.90 Å². The Labute approximate surface area is 263 Å². The first-order chi connectivity index (χ1) is 21.4. The number of carbonyl (C=O) groups is 2. The molecular formula is C32H49F2N3O8. The average Bonchev–Trinajstić information content (AvgIpc) is 2.96. The second kappa shape index (κ2) is 15.8. The molecule has 0 aromatic heterocycles. The first-order valence-electron chi connectivity index (χ1n) is 16.1. The van der Waals surface area contributed by atoms with Crippen LogP contribution in [0.15, 0.2) is 12.1 Å². The van der Waals surface area contributed by atoms with Crippen LogP contribution in [0.25, 0.3) is 0 Å². The zero-order valence-corrected chi connectivity index (χ0v) is 26.3. The van der Waals surface area contributed by atoms with Gasteiger partial charge >= 0.3 is 6.09 Å². The van der Waals surface area contributed by atoms with E-state index in [0.29, 0.717) is 45.2 Å². The number of halogens is 2. The number of likely N-dealkylation sites (tertiary alicyclic amines) is 2. The lowest BCUT2D eigenvalue weighted by Crippen LogP contribution is -2.54. The molecule has 1 saturated carbocycles. The number of nitrogens with one attached hydrogen (secondary N) is 1. The van der Waals surface area contributed by atoms with Gasteiger partial charge in [0.15, 0.2) is 0 Å². The summed E-state index contributed by atoms with van der Waals surface area (Å²) in [5.74, 6) is -1.37. The summed E-state index contributed by atoms with van der Waals surface area (Å²) in [6.07, 6.45) is 0.407. The van der Waals surface area contributed by atoms with Crippen LogP contribution in [0.3, 0.4) is 0 Å². The summed E-state index contributed by atoms with van der Waals surface area (Å²) in [7, 11) is 0. The molecule has 4 atom stereocenters.